The van der Waals surface area contributed by atoms with Gasteiger partial charge in [0.15, 0.2) is 0 Å². The maximum Gasteiger partial charge on any atom is 0.349 e. The molecule has 2 N–H and O–H groups in total. The normalized spacial score (nSPS) is 11.3. The van der Waals surface area contributed by atoms with Crippen LogP contribution in [0.3, 0.4) is 0 Å². The second-order valence-corrected chi connectivity index (χ2v) is 2.50. The molecule has 0 saturated heterocycles. The van der Waals surface area contributed by atoms with Gasteiger partial charge in [0.1, 0.15) is 5.71 Å². The van der Waals surface area contributed by atoms with Crippen LogP contribution in [0, 0.1) is 5.41 Å². The summed E-state index contributed by atoms with van der Waals surface area (Å²) >= 11 is 0. The molecule has 0 bridgehead atoms. The molecule has 0 aromatic rings. The Labute approximate surface area is 71.8 Å². The zero-order valence-corrected chi connectivity index (χ0v) is 7.42. The number of aliphatic carboxylic acids is 1. The number of aliphatic imine (C=N–C) groups is 1. The highest BCUT2D eigenvalue weighted by atomic mass is 16.4. The number of rotatable bonds is 5. The van der Waals surface area contributed by atoms with Gasteiger partial charge in [-0.1, -0.05) is 13.3 Å². The minimum atomic E-state index is -1.16. The van der Waals surface area contributed by atoms with Gasteiger partial charge in [0, 0.05) is 19.2 Å². The van der Waals surface area contributed by atoms with Gasteiger partial charge in [-0.2, -0.15) is 0 Å². The summed E-state index contributed by atoms with van der Waals surface area (Å²) in [6.45, 7) is 2.00. The third-order valence-electron chi connectivity index (χ3n) is 1.49. The summed E-state index contributed by atoms with van der Waals surface area (Å²) in [5, 5.41) is 15.5. The lowest BCUT2D eigenvalue weighted by atomic mass is 10.1. The van der Waals surface area contributed by atoms with Gasteiger partial charge in [-0.15, -0.1) is 0 Å². The highest BCUT2D eigenvalue weighted by molar-refractivity contribution is 6.38. The van der Waals surface area contributed by atoms with E-state index >= 15 is 0 Å². The van der Waals surface area contributed by atoms with Gasteiger partial charge < -0.3 is 5.11 Å². The Hall–Kier alpha value is -1.19. The molecule has 0 aromatic carbocycles. The number of carbonyl (C=O) groups is 1. The van der Waals surface area contributed by atoms with E-state index in [4.69, 9.17) is 10.5 Å². The molecule has 0 radical (unpaired) electrons. The SMILES string of the molecule is CCCC(CC(=N)C(=O)O)=NC. The Kier molecular flexibility index (Phi) is 4.92. The molecule has 0 fully saturated rings. The van der Waals surface area contributed by atoms with Gasteiger partial charge in [-0.3, -0.25) is 10.4 Å². The molecule has 0 aliphatic carbocycles. The van der Waals surface area contributed by atoms with Crippen LogP contribution in [0.1, 0.15) is 26.2 Å². The highest BCUT2D eigenvalue weighted by Gasteiger charge is 2.09. The first kappa shape index (κ1) is 10.8. The lowest BCUT2D eigenvalue weighted by Gasteiger charge is -2.01. The van der Waals surface area contributed by atoms with Crippen molar-refractivity contribution in [3.05, 3.63) is 0 Å². The van der Waals surface area contributed by atoms with Crippen molar-refractivity contribution < 1.29 is 9.90 Å². The smallest absolute Gasteiger partial charge is 0.349 e. The summed E-state index contributed by atoms with van der Waals surface area (Å²) in [6.07, 6.45) is 1.87. The van der Waals surface area contributed by atoms with E-state index in [0.717, 1.165) is 18.6 Å². The van der Waals surface area contributed by atoms with Gasteiger partial charge in [0.25, 0.3) is 0 Å². The Morgan fingerprint density at radius 2 is 2.17 bits per heavy atom. The number of nitrogens with zero attached hydrogens (tertiary/aromatic N) is 1. The number of hydrogen-bond donors (Lipinski definition) is 2. The average Bonchev–Trinajstić information content (AvgIpc) is 2.03. The fourth-order valence-corrected chi connectivity index (χ4v) is 0.847. The van der Waals surface area contributed by atoms with Crippen molar-refractivity contribution >= 4 is 17.4 Å². The Balaban J connectivity index is 4.04. The van der Waals surface area contributed by atoms with E-state index in [9.17, 15) is 4.79 Å². The van der Waals surface area contributed by atoms with Crippen molar-refractivity contribution in [2.24, 2.45) is 4.99 Å². The van der Waals surface area contributed by atoms with Gasteiger partial charge in [0.2, 0.25) is 0 Å². The minimum Gasteiger partial charge on any atom is -0.477 e. The molecular weight excluding hydrogens is 156 g/mol. The molecule has 0 unspecified atom stereocenters. The highest BCUT2D eigenvalue weighted by Crippen LogP contribution is 1.98. The molecular formula is C8H14N2O2. The molecule has 0 rings (SSSR count). The van der Waals surface area contributed by atoms with E-state index in [2.05, 4.69) is 4.99 Å². The van der Waals surface area contributed by atoms with E-state index in [-0.39, 0.29) is 12.1 Å². The minimum absolute atomic E-state index is 0.166. The lowest BCUT2D eigenvalue weighted by Crippen LogP contribution is -2.16. The maximum atomic E-state index is 10.3. The number of carboxylic acid groups (broad SMARTS) is 1. The fraction of sp³-hybridized carbons (Fsp3) is 0.625. The van der Waals surface area contributed by atoms with Crippen molar-refractivity contribution in [3.8, 4) is 0 Å². The van der Waals surface area contributed by atoms with Crippen LogP contribution in [0.4, 0.5) is 0 Å². The summed E-state index contributed by atoms with van der Waals surface area (Å²) in [6, 6.07) is 0. The molecule has 0 atom stereocenters. The molecule has 0 aliphatic rings. The Bertz CT molecular complexity index is 209. The molecule has 0 aliphatic heterocycles. The number of hydrogen-bond acceptors (Lipinski definition) is 3. The fourth-order valence-electron chi connectivity index (χ4n) is 0.847. The summed E-state index contributed by atoms with van der Waals surface area (Å²) in [4.78, 5) is 14.2. The first-order chi connectivity index (χ1) is 5.61. The molecule has 0 heterocycles. The summed E-state index contributed by atoms with van der Waals surface area (Å²) in [7, 11) is 1.63. The predicted octanol–water partition coefficient (Wildman–Crippen LogP) is 1.35. The van der Waals surface area contributed by atoms with Crippen LogP contribution < -0.4 is 0 Å². The van der Waals surface area contributed by atoms with E-state index in [1.54, 1.807) is 7.05 Å². The second-order valence-electron chi connectivity index (χ2n) is 2.50. The molecule has 0 aromatic heterocycles. The van der Waals surface area contributed by atoms with Crippen molar-refractivity contribution in [1.82, 2.24) is 0 Å². The van der Waals surface area contributed by atoms with E-state index in [0.29, 0.717) is 0 Å². The van der Waals surface area contributed by atoms with Crippen molar-refractivity contribution in [2.45, 2.75) is 26.2 Å². The largest absolute Gasteiger partial charge is 0.477 e. The first-order valence-electron chi connectivity index (χ1n) is 3.87. The van der Waals surface area contributed by atoms with Gasteiger partial charge in [-0.05, 0) is 6.42 Å². The zero-order valence-electron chi connectivity index (χ0n) is 7.42. The Morgan fingerprint density at radius 3 is 2.50 bits per heavy atom. The van der Waals surface area contributed by atoms with E-state index in [1.165, 1.54) is 0 Å². The van der Waals surface area contributed by atoms with Crippen LogP contribution in [0.5, 0.6) is 0 Å². The molecule has 4 heteroatoms. The maximum absolute atomic E-state index is 10.3. The van der Waals surface area contributed by atoms with Gasteiger partial charge in [-0.25, -0.2) is 4.79 Å². The average molecular weight is 170 g/mol. The van der Waals surface area contributed by atoms with Gasteiger partial charge in [0.05, 0.1) is 0 Å². The molecule has 4 nitrogen and oxygen atoms in total. The van der Waals surface area contributed by atoms with Gasteiger partial charge >= 0.3 is 5.97 Å². The monoisotopic (exact) mass is 170 g/mol. The second kappa shape index (κ2) is 5.46. The number of carboxylic acids is 1. The molecule has 12 heavy (non-hydrogen) atoms. The third kappa shape index (κ3) is 3.85. The van der Waals surface area contributed by atoms with Crippen LogP contribution >= 0.6 is 0 Å². The molecule has 0 spiro atoms. The van der Waals surface area contributed by atoms with Crippen LogP contribution in [-0.2, 0) is 4.79 Å². The van der Waals surface area contributed by atoms with Crippen LogP contribution in [0.2, 0.25) is 0 Å². The zero-order chi connectivity index (χ0) is 9.56. The third-order valence-corrected chi connectivity index (χ3v) is 1.49. The van der Waals surface area contributed by atoms with E-state index < -0.39 is 5.97 Å². The topological polar surface area (TPSA) is 73.5 Å². The van der Waals surface area contributed by atoms with Crippen molar-refractivity contribution in [2.75, 3.05) is 7.05 Å². The number of nitrogens with one attached hydrogen (secondary N) is 1. The van der Waals surface area contributed by atoms with Crippen molar-refractivity contribution in [3.63, 3.8) is 0 Å². The predicted molar refractivity (Wildman–Crippen MR) is 48.2 cm³/mol. The van der Waals surface area contributed by atoms with Crippen molar-refractivity contribution in [1.29, 1.82) is 5.41 Å². The summed E-state index contributed by atoms with van der Waals surface area (Å²) < 4.78 is 0. The van der Waals surface area contributed by atoms with Crippen LogP contribution in [-0.4, -0.2) is 29.5 Å². The quantitative estimate of drug-likeness (QED) is 0.611. The first-order valence-corrected chi connectivity index (χ1v) is 3.87. The molecule has 68 valence electrons. The lowest BCUT2D eigenvalue weighted by molar-refractivity contribution is -0.129. The standard InChI is InChI=1S/C8H14N2O2/c1-3-4-6(10-2)5-7(9)8(11)12/h9H,3-5H2,1-2H3,(H,11,12). The van der Waals surface area contributed by atoms with Crippen LogP contribution in [0.15, 0.2) is 4.99 Å². The summed E-state index contributed by atoms with van der Waals surface area (Å²) in [5.74, 6) is -1.16. The van der Waals surface area contributed by atoms with Crippen LogP contribution in [0.25, 0.3) is 0 Å². The molecule has 0 saturated carbocycles. The Morgan fingerprint density at radius 1 is 1.58 bits per heavy atom. The summed E-state index contributed by atoms with van der Waals surface area (Å²) in [5.41, 5.74) is 0.494. The molecule has 0 amide bonds. The van der Waals surface area contributed by atoms with E-state index in [1.807, 2.05) is 6.92 Å².